The molecule has 0 aliphatic heterocycles. The third-order valence-corrected chi connectivity index (χ3v) is 1.46. The van der Waals surface area contributed by atoms with Gasteiger partial charge < -0.3 is 5.73 Å². The lowest BCUT2D eigenvalue weighted by Crippen LogP contribution is -2.18. The molecular formula is C5H12BrN. The molecule has 44 valence electrons. The molecule has 1 atom stereocenters. The number of nitrogens with two attached hydrogens (primary N) is 1. The van der Waals surface area contributed by atoms with Crippen molar-refractivity contribution in [1.82, 2.24) is 0 Å². The van der Waals surface area contributed by atoms with Crippen LogP contribution in [0.5, 0.6) is 0 Å². The third kappa shape index (κ3) is 4.29. The number of halogens is 1. The van der Waals surface area contributed by atoms with Crippen molar-refractivity contribution >= 4 is 15.9 Å². The first kappa shape index (κ1) is 7.44. The summed E-state index contributed by atoms with van der Waals surface area (Å²) in [5.41, 5.74) is 5.55. The van der Waals surface area contributed by atoms with E-state index in [-0.39, 0.29) is 0 Å². The second-order valence-electron chi connectivity index (χ2n) is 1.65. The average molecular weight is 166 g/mol. The summed E-state index contributed by atoms with van der Waals surface area (Å²) < 4.78 is 0. The van der Waals surface area contributed by atoms with Crippen LogP contribution < -0.4 is 5.73 Å². The Kier molecular flexibility index (Phi) is 4.88. The molecule has 0 saturated heterocycles. The molecule has 1 nitrogen and oxygen atoms in total. The standard InChI is InChI=1S/C5H12BrN/c1-2-5(7)3-4-6/h5H,2-4,7H2,1H3. The van der Waals surface area contributed by atoms with Crippen molar-refractivity contribution in [3.63, 3.8) is 0 Å². The molecule has 0 aromatic rings. The Labute approximate surface area is 53.4 Å². The van der Waals surface area contributed by atoms with E-state index in [4.69, 9.17) is 5.73 Å². The van der Waals surface area contributed by atoms with Crippen LogP contribution in [0.1, 0.15) is 19.8 Å². The number of hydrogen-bond acceptors (Lipinski definition) is 1. The van der Waals surface area contributed by atoms with Crippen molar-refractivity contribution in [2.24, 2.45) is 5.73 Å². The first-order valence-electron chi connectivity index (χ1n) is 2.62. The molecule has 2 heteroatoms. The van der Waals surface area contributed by atoms with Gasteiger partial charge >= 0.3 is 0 Å². The molecule has 0 saturated carbocycles. The van der Waals surface area contributed by atoms with Crippen molar-refractivity contribution in [3.05, 3.63) is 0 Å². The van der Waals surface area contributed by atoms with Crippen LogP contribution in [0.25, 0.3) is 0 Å². The van der Waals surface area contributed by atoms with Crippen LogP contribution in [0.3, 0.4) is 0 Å². The van der Waals surface area contributed by atoms with Gasteiger partial charge in [-0.2, -0.15) is 0 Å². The molecule has 2 N–H and O–H groups in total. The fourth-order valence-electron chi connectivity index (χ4n) is 0.344. The highest BCUT2D eigenvalue weighted by atomic mass is 79.9. The topological polar surface area (TPSA) is 26.0 Å². The quantitative estimate of drug-likeness (QED) is 0.631. The highest BCUT2D eigenvalue weighted by molar-refractivity contribution is 9.09. The van der Waals surface area contributed by atoms with Gasteiger partial charge in [-0.3, -0.25) is 0 Å². The lowest BCUT2D eigenvalue weighted by Gasteiger charge is -2.02. The summed E-state index contributed by atoms with van der Waals surface area (Å²) in [6.45, 7) is 2.10. The lowest BCUT2D eigenvalue weighted by atomic mass is 10.2. The van der Waals surface area contributed by atoms with Gasteiger partial charge in [0.15, 0.2) is 0 Å². The lowest BCUT2D eigenvalue weighted by molar-refractivity contribution is 0.636. The summed E-state index contributed by atoms with van der Waals surface area (Å²) in [6.07, 6.45) is 2.18. The first-order chi connectivity index (χ1) is 3.31. The molecule has 0 heterocycles. The van der Waals surface area contributed by atoms with Crippen LogP contribution in [0.2, 0.25) is 0 Å². The molecule has 0 aromatic heterocycles. The second kappa shape index (κ2) is 4.60. The predicted molar refractivity (Wildman–Crippen MR) is 36.7 cm³/mol. The van der Waals surface area contributed by atoms with E-state index in [9.17, 15) is 0 Å². The Morgan fingerprint density at radius 2 is 2.29 bits per heavy atom. The van der Waals surface area contributed by atoms with E-state index < -0.39 is 0 Å². The van der Waals surface area contributed by atoms with Crippen LogP contribution >= 0.6 is 15.9 Å². The van der Waals surface area contributed by atoms with Crippen LogP contribution in [-0.2, 0) is 0 Å². The van der Waals surface area contributed by atoms with E-state index in [1.165, 1.54) is 0 Å². The fourth-order valence-corrected chi connectivity index (χ4v) is 0.932. The molecular weight excluding hydrogens is 154 g/mol. The largest absolute Gasteiger partial charge is 0.328 e. The smallest absolute Gasteiger partial charge is 0.00460 e. The SMILES string of the molecule is CCC(N)CCBr. The monoisotopic (exact) mass is 165 g/mol. The van der Waals surface area contributed by atoms with Crippen LogP contribution in [0, 0.1) is 0 Å². The van der Waals surface area contributed by atoms with E-state index in [2.05, 4.69) is 22.9 Å². The molecule has 0 bridgehead atoms. The van der Waals surface area contributed by atoms with Gasteiger partial charge in [0.05, 0.1) is 0 Å². The zero-order valence-corrected chi connectivity index (χ0v) is 6.24. The van der Waals surface area contributed by atoms with Gasteiger partial charge in [0, 0.05) is 11.4 Å². The Morgan fingerprint density at radius 3 is 2.43 bits per heavy atom. The number of hydrogen-bond donors (Lipinski definition) is 1. The first-order valence-corrected chi connectivity index (χ1v) is 3.75. The summed E-state index contributed by atoms with van der Waals surface area (Å²) in [5.74, 6) is 0. The van der Waals surface area contributed by atoms with Crippen molar-refractivity contribution in [2.75, 3.05) is 5.33 Å². The van der Waals surface area contributed by atoms with Crippen LogP contribution in [-0.4, -0.2) is 11.4 Å². The molecule has 0 radical (unpaired) electrons. The van der Waals surface area contributed by atoms with Crippen LogP contribution in [0.15, 0.2) is 0 Å². The maximum Gasteiger partial charge on any atom is 0.00460 e. The Morgan fingerprint density at radius 1 is 1.71 bits per heavy atom. The van der Waals surface area contributed by atoms with E-state index in [0.29, 0.717) is 6.04 Å². The number of rotatable bonds is 3. The zero-order chi connectivity index (χ0) is 5.70. The Balaban J connectivity index is 2.83. The minimum atomic E-state index is 0.402. The van der Waals surface area contributed by atoms with Crippen molar-refractivity contribution in [1.29, 1.82) is 0 Å². The highest BCUT2D eigenvalue weighted by Crippen LogP contribution is 1.95. The maximum absolute atomic E-state index is 5.55. The minimum Gasteiger partial charge on any atom is -0.328 e. The van der Waals surface area contributed by atoms with E-state index in [0.717, 1.165) is 18.2 Å². The molecule has 7 heavy (non-hydrogen) atoms. The average Bonchev–Trinajstić information content (AvgIpc) is 1.68. The summed E-state index contributed by atoms with van der Waals surface area (Å²) in [5, 5.41) is 1.03. The van der Waals surface area contributed by atoms with Crippen molar-refractivity contribution in [3.8, 4) is 0 Å². The summed E-state index contributed by atoms with van der Waals surface area (Å²) in [4.78, 5) is 0. The summed E-state index contributed by atoms with van der Waals surface area (Å²) in [7, 11) is 0. The predicted octanol–water partition coefficient (Wildman–Crippen LogP) is 1.51. The third-order valence-electron chi connectivity index (χ3n) is 1.00. The van der Waals surface area contributed by atoms with Gasteiger partial charge in [-0.15, -0.1) is 0 Å². The highest BCUT2D eigenvalue weighted by Gasteiger charge is 1.93. The summed E-state index contributed by atoms with van der Waals surface area (Å²) >= 11 is 3.31. The van der Waals surface area contributed by atoms with E-state index >= 15 is 0 Å². The van der Waals surface area contributed by atoms with E-state index in [1.54, 1.807) is 0 Å². The summed E-state index contributed by atoms with van der Waals surface area (Å²) in [6, 6.07) is 0.402. The molecule has 0 amide bonds. The molecule has 0 rings (SSSR count). The van der Waals surface area contributed by atoms with Crippen molar-refractivity contribution < 1.29 is 0 Å². The molecule has 0 aliphatic rings. The van der Waals surface area contributed by atoms with Gasteiger partial charge in [-0.25, -0.2) is 0 Å². The van der Waals surface area contributed by atoms with Crippen molar-refractivity contribution in [2.45, 2.75) is 25.8 Å². The molecule has 0 aliphatic carbocycles. The van der Waals surface area contributed by atoms with Gasteiger partial charge in [0.25, 0.3) is 0 Å². The van der Waals surface area contributed by atoms with Gasteiger partial charge in [0.2, 0.25) is 0 Å². The molecule has 0 aromatic carbocycles. The Bertz CT molecular complexity index is 39.1. The van der Waals surface area contributed by atoms with Gasteiger partial charge in [-0.1, -0.05) is 22.9 Å². The number of alkyl halides is 1. The minimum absolute atomic E-state index is 0.402. The second-order valence-corrected chi connectivity index (χ2v) is 2.44. The fraction of sp³-hybridized carbons (Fsp3) is 1.00. The van der Waals surface area contributed by atoms with Crippen LogP contribution in [0.4, 0.5) is 0 Å². The molecule has 1 unspecified atom stereocenters. The van der Waals surface area contributed by atoms with Gasteiger partial charge in [0.1, 0.15) is 0 Å². The molecule has 0 spiro atoms. The Hall–Kier alpha value is 0.440. The molecule has 0 fully saturated rings. The zero-order valence-electron chi connectivity index (χ0n) is 4.65. The van der Waals surface area contributed by atoms with Gasteiger partial charge in [-0.05, 0) is 12.8 Å². The van der Waals surface area contributed by atoms with E-state index in [1.807, 2.05) is 0 Å². The maximum atomic E-state index is 5.55. The normalized spacial score (nSPS) is 14.1.